The molecule has 0 saturated heterocycles. The molecule has 0 spiro atoms. The average Bonchev–Trinajstić information content (AvgIpc) is 2.51. The van der Waals surface area contributed by atoms with Gasteiger partial charge in [0.1, 0.15) is 5.02 Å². The highest BCUT2D eigenvalue weighted by molar-refractivity contribution is 7.80. The summed E-state index contributed by atoms with van der Waals surface area (Å²) >= 11 is 11.0. The van der Waals surface area contributed by atoms with E-state index in [-0.39, 0.29) is 28.2 Å². The van der Waals surface area contributed by atoms with Gasteiger partial charge in [0.15, 0.2) is 5.11 Å². The summed E-state index contributed by atoms with van der Waals surface area (Å²) in [6.45, 7) is 1.68. The lowest BCUT2D eigenvalue weighted by atomic mass is 10.1. The highest BCUT2D eigenvalue weighted by Gasteiger charge is 2.16. The zero-order chi connectivity index (χ0) is 17.7. The molecule has 24 heavy (non-hydrogen) atoms. The number of thiocarbonyl (C=S) groups is 1. The van der Waals surface area contributed by atoms with Crippen molar-refractivity contribution in [3.63, 3.8) is 0 Å². The summed E-state index contributed by atoms with van der Waals surface area (Å²) in [5, 5.41) is 16.3. The molecule has 0 aliphatic heterocycles. The lowest BCUT2D eigenvalue weighted by molar-refractivity contribution is -0.384. The summed E-state index contributed by atoms with van der Waals surface area (Å²) < 4.78 is 0. The van der Waals surface area contributed by atoms with Crippen molar-refractivity contribution in [3.8, 4) is 0 Å². The second-order valence-electron chi connectivity index (χ2n) is 5.04. The van der Waals surface area contributed by atoms with Gasteiger partial charge in [0.2, 0.25) is 5.91 Å². The van der Waals surface area contributed by atoms with Crippen LogP contribution >= 0.6 is 23.8 Å². The Morgan fingerprint density at radius 3 is 2.58 bits per heavy atom. The first-order valence-corrected chi connectivity index (χ1v) is 7.74. The molecular weight excluding hydrogens is 350 g/mol. The summed E-state index contributed by atoms with van der Waals surface area (Å²) in [7, 11) is 0. The molecule has 0 aromatic heterocycles. The molecule has 2 aromatic carbocycles. The van der Waals surface area contributed by atoms with Gasteiger partial charge in [-0.05, 0) is 36.3 Å². The fourth-order valence-corrected chi connectivity index (χ4v) is 2.50. The Kier molecular flexibility index (Phi) is 5.83. The minimum absolute atomic E-state index is 0.00786. The van der Waals surface area contributed by atoms with Crippen molar-refractivity contribution in [1.29, 1.82) is 0 Å². The smallest absolute Gasteiger partial charge is 0.288 e. The Balaban J connectivity index is 2.01. The molecule has 2 rings (SSSR count). The third-order valence-electron chi connectivity index (χ3n) is 3.20. The molecule has 1 amide bonds. The summed E-state index contributed by atoms with van der Waals surface area (Å²) in [6.07, 6.45) is 0.197. The van der Waals surface area contributed by atoms with Crippen molar-refractivity contribution < 1.29 is 9.72 Å². The minimum atomic E-state index is -0.556. The molecule has 2 N–H and O–H groups in total. The maximum absolute atomic E-state index is 12.0. The lowest BCUT2D eigenvalue weighted by Crippen LogP contribution is -2.35. The third kappa shape index (κ3) is 4.74. The first-order valence-electron chi connectivity index (χ1n) is 6.96. The Hall–Kier alpha value is -2.51. The molecule has 124 valence electrons. The van der Waals surface area contributed by atoms with Gasteiger partial charge in [-0.25, -0.2) is 0 Å². The van der Waals surface area contributed by atoms with Crippen LogP contribution in [-0.2, 0) is 11.2 Å². The number of amides is 1. The minimum Gasteiger partial charge on any atom is -0.332 e. The molecule has 0 fully saturated rings. The number of aryl methyl sites for hydroxylation is 1. The van der Waals surface area contributed by atoms with Gasteiger partial charge >= 0.3 is 0 Å². The maximum atomic E-state index is 12.0. The van der Waals surface area contributed by atoms with Gasteiger partial charge in [0.05, 0.1) is 11.3 Å². The number of nitrogens with zero attached hydrogens (tertiary/aromatic N) is 1. The second-order valence-corrected chi connectivity index (χ2v) is 5.86. The zero-order valence-corrected chi connectivity index (χ0v) is 14.3. The van der Waals surface area contributed by atoms with Crippen LogP contribution in [-0.4, -0.2) is 15.9 Å². The third-order valence-corrected chi connectivity index (χ3v) is 3.71. The van der Waals surface area contributed by atoms with Gasteiger partial charge in [-0.1, -0.05) is 41.9 Å². The highest BCUT2D eigenvalue weighted by Crippen LogP contribution is 2.30. The fraction of sp³-hybridized carbons (Fsp3) is 0.125. The van der Waals surface area contributed by atoms with E-state index in [0.29, 0.717) is 11.3 Å². The van der Waals surface area contributed by atoms with Crippen molar-refractivity contribution >= 4 is 46.2 Å². The largest absolute Gasteiger partial charge is 0.332 e. The van der Waals surface area contributed by atoms with Crippen LogP contribution in [0, 0.1) is 17.0 Å². The molecular formula is C16H14ClN3O3S. The monoisotopic (exact) mass is 363 g/mol. The van der Waals surface area contributed by atoms with Crippen molar-refractivity contribution in [2.24, 2.45) is 0 Å². The molecule has 0 unspecified atom stereocenters. The maximum Gasteiger partial charge on any atom is 0.288 e. The van der Waals surface area contributed by atoms with E-state index < -0.39 is 4.92 Å². The van der Waals surface area contributed by atoms with Crippen LogP contribution in [0.1, 0.15) is 11.1 Å². The number of nitrogens with one attached hydrogen (secondary N) is 2. The molecule has 0 atom stereocenters. The molecule has 0 aliphatic rings. The zero-order valence-electron chi connectivity index (χ0n) is 12.7. The number of hydrogen-bond donors (Lipinski definition) is 2. The first kappa shape index (κ1) is 17.8. The van der Waals surface area contributed by atoms with Gasteiger partial charge in [-0.15, -0.1) is 0 Å². The van der Waals surface area contributed by atoms with Gasteiger partial charge in [-0.3, -0.25) is 14.9 Å². The fourth-order valence-electron chi connectivity index (χ4n) is 2.05. The second kappa shape index (κ2) is 7.85. The average molecular weight is 364 g/mol. The summed E-state index contributed by atoms with van der Waals surface area (Å²) in [4.78, 5) is 22.2. The molecule has 2 aromatic rings. The summed E-state index contributed by atoms with van der Waals surface area (Å²) in [5.41, 5.74) is 1.77. The molecule has 0 heterocycles. The number of rotatable bonds is 4. The molecule has 0 saturated carbocycles. The predicted molar refractivity (Wildman–Crippen MR) is 97.4 cm³/mol. The van der Waals surface area contributed by atoms with Crippen LogP contribution < -0.4 is 10.6 Å². The van der Waals surface area contributed by atoms with Crippen LogP contribution in [0.15, 0.2) is 42.5 Å². The standard InChI is InChI=1S/C16H14ClN3O3S/c1-10-7-14(20(22)23)12(17)9-13(10)18-16(24)19-15(21)8-11-5-3-2-4-6-11/h2-7,9H,8H2,1H3,(H2,18,19,21,24). The van der Waals surface area contributed by atoms with Crippen LogP contribution in [0.5, 0.6) is 0 Å². The molecule has 0 aliphatic carbocycles. The van der Waals surface area contributed by atoms with E-state index in [1.807, 2.05) is 30.3 Å². The molecule has 6 nitrogen and oxygen atoms in total. The van der Waals surface area contributed by atoms with Crippen LogP contribution in [0.25, 0.3) is 0 Å². The van der Waals surface area contributed by atoms with Crippen molar-refractivity contribution in [2.75, 3.05) is 5.32 Å². The number of carbonyl (C=O) groups is 1. The van der Waals surface area contributed by atoms with E-state index in [4.69, 9.17) is 23.8 Å². The Bertz CT molecular complexity index is 797. The van der Waals surface area contributed by atoms with Crippen molar-refractivity contribution in [1.82, 2.24) is 5.32 Å². The number of halogens is 1. The number of anilines is 1. The first-order chi connectivity index (χ1) is 11.4. The van der Waals surface area contributed by atoms with Gasteiger partial charge in [-0.2, -0.15) is 0 Å². The Labute approximate surface area is 149 Å². The highest BCUT2D eigenvalue weighted by atomic mass is 35.5. The molecule has 8 heteroatoms. The number of hydrogen-bond acceptors (Lipinski definition) is 4. The number of nitro groups is 1. The molecule has 0 bridgehead atoms. The van der Waals surface area contributed by atoms with E-state index in [1.54, 1.807) is 6.92 Å². The topological polar surface area (TPSA) is 84.3 Å². The molecule has 0 radical (unpaired) electrons. The quantitative estimate of drug-likeness (QED) is 0.492. The van der Waals surface area contributed by atoms with E-state index in [2.05, 4.69) is 10.6 Å². The summed E-state index contributed by atoms with van der Waals surface area (Å²) in [6, 6.07) is 12.0. The van der Waals surface area contributed by atoms with Crippen LogP contribution in [0.2, 0.25) is 5.02 Å². The van der Waals surface area contributed by atoms with Gasteiger partial charge in [0.25, 0.3) is 5.69 Å². The van der Waals surface area contributed by atoms with E-state index >= 15 is 0 Å². The van der Waals surface area contributed by atoms with E-state index in [1.165, 1.54) is 12.1 Å². The number of carbonyl (C=O) groups excluding carboxylic acids is 1. The van der Waals surface area contributed by atoms with Gasteiger partial charge < -0.3 is 10.6 Å². The van der Waals surface area contributed by atoms with E-state index in [9.17, 15) is 14.9 Å². The van der Waals surface area contributed by atoms with Crippen LogP contribution in [0.3, 0.4) is 0 Å². The van der Waals surface area contributed by atoms with Gasteiger partial charge in [0, 0.05) is 11.8 Å². The predicted octanol–water partition coefficient (Wildman–Crippen LogP) is 3.61. The summed E-state index contributed by atoms with van der Waals surface area (Å²) in [5.74, 6) is -0.260. The SMILES string of the molecule is Cc1cc([N+](=O)[O-])c(Cl)cc1NC(=S)NC(=O)Cc1ccccc1. The normalized spacial score (nSPS) is 10.1. The van der Waals surface area contributed by atoms with E-state index in [0.717, 1.165) is 5.56 Å². The number of benzene rings is 2. The Morgan fingerprint density at radius 1 is 1.29 bits per heavy atom. The van der Waals surface area contributed by atoms with Crippen LogP contribution in [0.4, 0.5) is 11.4 Å². The van der Waals surface area contributed by atoms with Crippen molar-refractivity contribution in [3.05, 3.63) is 68.7 Å². The lowest BCUT2D eigenvalue weighted by Gasteiger charge is -2.12. The number of nitro benzene ring substituents is 1. The van der Waals surface area contributed by atoms with Crippen molar-refractivity contribution in [2.45, 2.75) is 13.3 Å². The Morgan fingerprint density at radius 2 is 1.96 bits per heavy atom.